The van der Waals surface area contributed by atoms with E-state index in [0.29, 0.717) is 109 Å². The molecule has 0 saturated carbocycles. The Bertz CT molecular complexity index is 3170. The number of aliphatic hydroxyl groups excluding tert-OH is 1. The Morgan fingerprint density at radius 3 is 2.22 bits per heavy atom. The van der Waals surface area contributed by atoms with Crippen LogP contribution >= 0.6 is 11.3 Å². The minimum Gasteiger partial charge on any atom is -0.424 e. The number of likely N-dealkylation sites (tertiary alicyclic amines) is 1. The average Bonchev–Trinajstić information content (AvgIpc) is 4.26. The van der Waals surface area contributed by atoms with Crippen molar-refractivity contribution in [1.29, 1.82) is 0 Å². The van der Waals surface area contributed by atoms with Gasteiger partial charge in [-0.3, -0.25) is 9.59 Å². The molecule has 2 amide bonds. The molecule has 0 radical (unpaired) electrons. The standard InChI is InChI=1S/C59H74N10O11S/c1-39-49-16-15-48(79-58-61-17-8-18-62-58)34-52(49)80-57(73)50(39)32-42-9-7-10-45(31-42)63-35-46-36-68(67-66-46)20-22-75-24-26-77-28-30-78-29-27-76-25-23-74-21-19-60-54(59(4,5)6)56(72)69-37-47(70)33-51(69)55(71)65-40(2)43-11-13-44(14-12-43)53-41(3)64-38-81-53/h7-18,31,34,36,38,40,47,51,54,60,63,70H,19-30,32-33,35,37H2,1-6H3,(H,65,71)/t40-,47+,51-,54+/m0/s1. The second kappa shape index (κ2) is 29.6. The number of ether oxygens (including phenoxy) is 6. The molecule has 1 aliphatic rings. The molecule has 432 valence electrons. The fourth-order valence-corrected chi connectivity index (χ4v) is 10.2. The monoisotopic (exact) mass is 1130 g/mol. The molecule has 4 N–H and O–H groups in total. The van der Waals surface area contributed by atoms with E-state index in [9.17, 15) is 19.5 Å². The van der Waals surface area contributed by atoms with Crippen molar-refractivity contribution >= 4 is 39.8 Å². The number of amides is 2. The van der Waals surface area contributed by atoms with Gasteiger partial charge in [0.1, 0.15) is 23.1 Å². The molecular weight excluding hydrogens is 1060 g/mol. The maximum absolute atomic E-state index is 14.0. The van der Waals surface area contributed by atoms with E-state index in [0.717, 1.165) is 49.6 Å². The number of carbonyl (C=O) groups excluding carboxylic acids is 2. The Labute approximate surface area is 475 Å². The highest BCUT2D eigenvalue weighted by Crippen LogP contribution is 2.31. The molecule has 1 aliphatic heterocycles. The van der Waals surface area contributed by atoms with Gasteiger partial charge in [-0.1, -0.05) is 62.4 Å². The third-order valence-electron chi connectivity index (χ3n) is 13.7. The first-order chi connectivity index (χ1) is 39.2. The van der Waals surface area contributed by atoms with E-state index < -0.39 is 29.2 Å². The first kappa shape index (κ1) is 60.1. The van der Waals surface area contributed by atoms with Crippen LogP contribution in [0.1, 0.15) is 73.8 Å². The summed E-state index contributed by atoms with van der Waals surface area (Å²) in [6.45, 7) is 17.4. The van der Waals surface area contributed by atoms with Crippen LogP contribution in [0, 0.1) is 19.3 Å². The number of aliphatic hydroxyl groups is 1. The van der Waals surface area contributed by atoms with E-state index in [4.69, 9.17) is 32.8 Å². The fourth-order valence-electron chi connectivity index (χ4n) is 9.35. The van der Waals surface area contributed by atoms with Crippen molar-refractivity contribution in [2.75, 3.05) is 84.5 Å². The molecule has 1 saturated heterocycles. The van der Waals surface area contributed by atoms with Crippen molar-refractivity contribution in [3.63, 3.8) is 0 Å². The molecule has 4 atom stereocenters. The van der Waals surface area contributed by atoms with Crippen molar-refractivity contribution in [1.82, 2.24) is 45.5 Å². The first-order valence-corrected chi connectivity index (χ1v) is 28.2. The number of hydrogen-bond acceptors (Lipinski definition) is 19. The van der Waals surface area contributed by atoms with E-state index in [2.05, 4.69) is 41.2 Å². The summed E-state index contributed by atoms with van der Waals surface area (Å²) in [7, 11) is 0. The second-order valence-electron chi connectivity index (χ2n) is 20.8. The number of thiazole rings is 1. The predicted octanol–water partition coefficient (Wildman–Crippen LogP) is 6.84. The lowest BCUT2D eigenvalue weighted by molar-refractivity contribution is -0.142. The number of rotatable bonds is 31. The molecule has 0 bridgehead atoms. The number of anilines is 1. The SMILES string of the molecule is Cc1ncsc1-c1ccc([C@H](C)NC(=O)[C@@H]2C[C@@H](O)CN2C(=O)[C@@H](NCCOCCOCCOCCOCCOCCn2cc(CNc3cccc(Cc4c(C)c5ccc(Oc6ncccn6)cc5oc4=O)c3)nn2)C(C)(C)C)cc1. The Hall–Kier alpha value is -7.02. The third-order valence-corrected chi connectivity index (χ3v) is 14.7. The van der Waals surface area contributed by atoms with Crippen LogP contribution in [-0.2, 0) is 52.8 Å². The van der Waals surface area contributed by atoms with Crippen LogP contribution < -0.4 is 26.3 Å². The number of β-amino-alcohol motifs (C(OH)–C–C–N with tert-alkyl or cyclic N) is 1. The molecule has 0 spiro atoms. The Kier molecular flexibility index (Phi) is 22.0. The van der Waals surface area contributed by atoms with Crippen molar-refractivity contribution in [3.8, 4) is 22.2 Å². The van der Waals surface area contributed by atoms with Gasteiger partial charge in [0.15, 0.2) is 0 Å². The van der Waals surface area contributed by atoms with Crippen molar-refractivity contribution < 1.29 is 47.5 Å². The van der Waals surface area contributed by atoms with Crippen LogP contribution in [0.15, 0.2) is 106 Å². The summed E-state index contributed by atoms with van der Waals surface area (Å²) >= 11 is 1.59. The van der Waals surface area contributed by atoms with Gasteiger partial charge in [0.05, 0.1) is 120 Å². The third kappa shape index (κ3) is 17.5. The molecule has 81 heavy (non-hydrogen) atoms. The summed E-state index contributed by atoms with van der Waals surface area (Å²) < 4.78 is 41.6. The lowest BCUT2D eigenvalue weighted by Crippen LogP contribution is -2.57. The number of nitrogens with zero attached hydrogens (tertiary/aromatic N) is 7. The van der Waals surface area contributed by atoms with Gasteiger partial charge in [-0.15, -0.1) is 16.4 Å². The van der Waals surface area contributed by atoms with Gasteiger partial charge in [0, 0.05) is 61.0 Å². The lowest BCUT2D eigenvalue weighted by Gasteiger charge is -2.35. The molecule has 3 aromatic carbocycles. The molecule has 1 fully saturated rings. The maximum atomic E-state index is 14.0. The summed E-state index contributed by atoms with van der Waals surface area (Å²) in [6, 6.07) is 21.5. The molecule has 8 rings (SSSR count). The molecule has 0 unspecified atom stereocenters. The van der Waals surface area contributed by atoms with E-state index in [1.807, 2.05) is 108 Å². The molecule has 7 aromatic rings. The number of nitrogens with one attached hydrogen (secondary N) is 3. The van der Waals surface area contributed by atoms with Crippen molar-refractivity contribution in [3.05, 3.63) is 141 Å². The predicted molar refractivity (Wildman–Crippen MR) is 306 cm³/mol. The number of aromatic nitrogens is 6. The minimum atomic E-state index is -0.795. The molecular formula is C59H74N10O11S. The van der Waals surface area contributed by atoms with E-state index in [-0.39, 0.29) is 36.8 Å². The van der Waals surface area contributed by atoms with E-state index in [1.165, 1.54) is 4.90 Å². The van der Waals surface area contributed by atoms with E-state index in [1.54, 1.807) is 46.6 Å². The average molecular weight is 1130 g/mol. The van der Waals surface area contributed by atoms with Gasteiger partial charge >= 0.3 is 11.6 Å². The topological polar surface area (TPSA) is 249 Å². The fraction of sp³-hybridized carbons (Fsp3) is 0.458. The van der Waals surface area contributed by atoms with E-state index >= 15 is 0 Å². The smallest absolute Gasteiger partial charge is 0.340 e. The molecule has 5 heterocycles. The largest absolute Gasteiger partial charge is 0.424 e. The molecule has 22 heteroatoms. The number of fused-ring (bicyclic) bond motifs is 1. The normalized spacial score (nSPS) is 15.3. The molecule has 0 aliphatic carbocycles. The van der Waals surface area contributed by atoms with Gasteiger partial charge in [-0.05, 0) is 78.8 Å². The van der Waals surface area contributed by atoms with Crippen LogP contribution in [0.5, 0.6) is 11.8 Å². The summed E-state index contributed by atoms with van der Waals surface area (Å²) in [5.74, 6) is -0.0510. The number of hydrogen-bond donors (Lipinski definition) is 4. The zero-order valence-electron chi connectivity index (χ0n) is 46.9. The van der Waals surface area contributed by atoms with Gasteiger partial charge in [-0.25, -0.2) is 24.4 Å². The first-order valence-electron chi connectivity index (χ1n) is 27.3. The number of aryl methyl sites for hydroxylation is 2. The highest BCUT2D eigenvalue weighted by molar-refractivity contribution is 7.13. The highest BCUT2D eigenvalue weighted by Gasteiger charge is 2.44. The van der Waals surface area contributed by atoms with Crippen LogP contribution in [0.4, 0.5) is 5.69 Å². The quantitative estimate of drug-likeness (QED) is 0.0257. The van der Waals surface area contributed by atoms with Crippen molar-refractivity contribution in [2.45, 2.75) is 91.7 Å². The van der Waals surface area contributed by atoms with Gasteiger partial charge in [-0.2, -0.15) is 0 Å². The molecule has 4 aromatic heterocycles. The molecule has 21 nitrogen and oxygen atoms in total. The maximum Gasteiger partial charge on any atom is 0.340 e. The second-order valence-corrected chi connectivity index (χ2v) is 21.7. The summed E-state index contributed by atoms with van der Waals surface area (Å²) in [5.41, 5.74) is 8.42. The number of benzene rings is 3. The lowest BCUT2D eigenvalue weighted by atomic mass is 9.85. The number of carbonyl (C=O) groups is 2. The Morgan fingerprint density at radius 1 is 0.852 bits per heavy atom. The van der Waals surface area contributed by atoms with Gasteiger partial charge in [0.25, 0.3) is 0 Å². The minimum absolute atomic E-state index is 0.0888. The Morgan fingerprint density at radius 2 is 1.54 bits per heavy atom. The zero-order valence-corrected chi connectivity index (χ0v) is 47.7. The van der Waals surface area contributed by atoms with Gasteiger partial charge in [0.2, 0.25) is 11.8 Å². The summed E-state index contributed by atoms with van der Waals surface area (Å²) in [6.07, 6.45) is 4.84. The van der Waals surface area contributed by atoms with Crippen LogP contribution in [0.2, 0.25) is 0 Å². The van der Waals surface area contributed by atoms with Crippen LogP contribution in [0.3, 0.4) is 0 Å². The van der Waals surface area contributed by atoms with Crippen LogP contribution in [0.25, 0.3) is 21.4 Å². The van der Waals surface area contributed by atoms with Crippen molar-refractivity contribution in [2.24, 2.45) is 5.41 Å². The van der Waals surface area contributed by atoms with Gasteiger partial charge < -0.3 is 58.8 Å². The summed E-state index contributed by atoms with van der Waals surface area (Å²) in [4.78, 5) is 56.0. The highest BCUT2D eigenvalue weighted by atomic mass is 32.1. The Balaban J connectivity index is 0.628. The van der Waals surface area contributed by atoms with Crippen LogP contribution in [-0.4, -0.2) is 149 Å². The summed E-state index contributed by atoms with van der Waals surface area (Å²) in [5, 5.41) is 29.8. The zero-order chi connectivity index (χ0) is 57.1.